The zero-order valence-corrected chi connectivity index (χ0v) is 12.1. The first-order valence-electron chi connectivity index (χ1n) is 6.89. The van der Waals surface area contributed by atoms with E-state index in [4.69, 9.17) is 5.73 Å². The number of nitrogens with zero attached hydrogens (tertiary/aromatic N) is 1. The Labute approximate surface area is 122 Å². The number of rotatable bonds is 5. The number of halogens is 1. The van der Waals surface area contributed by atoms with Crippen molar-refractivity contribution >= 4 is 11.6 Å². The normalized spacial score (nSPS) is 12.1. The van der Waals surface area contributed by atoms with E-state index < -0.39 is 0 Å². The molecular formula is C15H19FN4O. The molecular weight excluding hydrogens is 271 g/mol. The lowest BCUT2D eigenvalue weighted by Crippen LogP contribution is -2.34. The van der Waals surface area contributed by atoms with E-state index >= 15 is 0 Å². The van der Waals surface area contributed by atoms with Crippen molar-refractivity contribution in [1.29, 1.82) is 0 Å². The maximum absolute atomic E-state index is 12.8. The molecule has 2 rings (SSSR count). The van der Waals surface area contributed by atoms with Gasteiger partial charge in [-0.1, -0.05) is 19.1 Å². The molecule has 0 fully saturated rings. The number of carbonyl (C=O) groups is 1. The van der Waals surface area contributed by atoms with Gasteiger partial charge in [-0.3, -0.25) is 9.89 Å². The van der Waals surface area contributed by atoms with Crippen molar-refractivity contribution in [2.24, 2.45) is 0 Å². The first-order valence-corrected chi connectivity index (χ1v) is 6.89. The van der Waals surface area contributed by atoms with Crippen LogP contribution in [0, 0.1) is 5.82 Å². The number of aromatic amines is 1. The summed E-state index contributed by atoms with van der Waals surface area (Å²) < 4.78 is 12.8. The molecule has 1 amide bonds. The molecule has 0 bridgehead atoms. The predicted octanol–water partition coefficient (Wildman–Crippen LogP) is 2.05. The molecule has 0 radical (unpaired) electrons. The molecule has 1 heterocycles. The lowest BCUT2D eigenvalue weighted by molar-refractivity contribution is 0.0936. The average Bonchev–Trinajstić information content (AvgIpc) is 2.82. The number of aryl methyl sites for hydroxylation is 1. The summed E-state index contributed by atoms with van der Waals surface area (Å²) in [5.41, 5.74) is 8.18. The van der Waals surface area contributed by atoms with E-state index in [9.17, 15) is 9.18 Å². The zero-order valence-electron chi connectivity index (χ0n) is 12.1. The third-order valence-corrected chi connectivity index (χ3v) is 3.28. The molecule has 2 aromatic rings. The minimum atomic E-state index is -0.307. The van der Waals surface area contributed by atoms with Crippen LogP contribution in [-0.4, -0.2) is 22.1 Å². The van der Waals surface area contributed by atoms with Crippen LogP contribution < -0.4 is 11.1 Å². The van der Waals surface area contributed by atoms with Crippen molar-refractivity contribution in [2.75, 3.05) is 5.73 Å². The van der Waals surface area contributed by atoms with Crippen LogP contribution in [0.2, 0.25) is 0 Å². The molecule has 4 N–H and O–H groups in total. The van der Waals surface area contributed by atoms with Gasteiger partial charge < -0.3 is 11.1 Å². The summed E-state index contributed by atoms with van der Waals surface area (Å²) in [6.07, 6.45) is 1.30. The number of aromatic nitrogens is 2. The first-order chi connectivity index (χ1) is 10.0. The van der Waals surface area contributed by atoms with E-state index in [0.29, 0.717) is 18.5 Å². The maximum atomic E-state index is 12.8. The van der Waals surface area contributed by atoms with Crippen molar-refractivity contribution in [1.82, 2.24) is 15.5 Å². The van der Waals surface area contributed by atoms with Crippen LogP contribution in [0.25, 0.3) is 0 Å². The summed E-state index contributed by atoms with van der Waals surface area (Å²) in [5, 5.41) is 9.55. The van der Waals surface area contributed by atoms with Crippen molar-refractivity contribution in [3.63, 3.8) is 0 Å². The van der Waals surface area contributed by atoms with E-state index in [1.165, 1.54) is 12.1 Å². The Morgan fingerprint density at radius 1 is 1.43 bits per heavy atom. The smallest absolute Gasteiger partial charge is 0.274 e. The Bertz CT molecular complexity index is 621. The number of anilines is 1. The summed E-state index contributed by atoms with van der Waals surface area (Å²) in [6.45, 7) is 3.81. The molecule has 1 atom stereocenters. The van der Waals surface area contributed by atoms with E-state index in [1.54, 1.807) is 12.1 Å². The third-order valence-electron chi connectivity index (χ3n) is 3.28. The molecule has 1 unspecified atom stereocenters. The minimum Gasteiger partial charge on any atom is -0.395 e. The summed E-state index contributed by atoms with van der Waals surface area (Å²) in [4.78, 5) is 12.1. The molecule has 5 nitrogen and oxygen atoms in total. The van der Waals surface area contributed by atoms with Gasteiger partial charge in [0.25, 0.3) is 5.91 Å². The molecule has 0 saturated heterocycles. The Hall–Kier alpha value is -2.37. The molecule has 21 heavy (non-hydrogen) atoms. The minimum absolute atomic E-state index is 0.107. The highest BCUT2D eigenvalue weighted by molar-refractivity contribution is 5.97. The summed E-state index contributed by atoms with van der Waals surface area (Å²) in [7, 11) is 0. The highest BCUT2D eigenvalue weighted by Crippen LogP contribution is 2.14. The fourth-order valence-corrected chi connectivity index (χ4v) is 2.15. The molecule has 6 heteroatoms. The molecule has 0 spiro atoms. The van der Waals surface area contributed by atoms with E-state index in [0.717, 1.165) is 11.3 Å². The molecule has 0 saturated carbocycles. The highest BCUT2D eigenvalue weighted by atomic mass is 19.1. The quantitative estimate of drug-likeness (QED) is 0.788. The van der Waals surface area contributed by atoms with Gasteiger partial charge in [0.2, 0.25) is 0 Å². The van der Waals surface area contributed by atoms with E-state index in [2.05, 4.69) is 15.5 Å². The Balaban J connectivity index is 1.98. The van der Waals surface area contributed by atoms with Gasteiger partial charge in [-0.25, -0.2) is 4.39 Å². The van der Waals surface area contributed by atoms with Gasteiger partial charge in [-0.05, 0) is 37.5 Å². The van der Waals surface area contributed by atoms with Gasteiger partial charge in [-0.2, -0.15) is 5.10 Å². The molecule has 112 valence electrons. The number of hydrogen-bond acceptors (Lipinski definition) is 3. The largest absolute Gasteiger partial charge is 0.395 e. The fourth-order valence-electron chi connectivity index (χ4n) is 2.15. The molecule has 0 aliphatic rings. The third kappa shape index (κ3) is 3.59. The number of nitrogens with one attached hydrogen (secondary N) is 2. The summed E-state index contributed by atoms with van der Waals surface area (Å²) in [5.74, 6) is -0.579. The van der Waals surface area contributed by atoms with E-state index in [1.807, 2.05) is 13.8 Å². The number of nitrogens with two attached hydrogens (primary N) is 1. The maximum Gasteiger partial charge on any atom is 0.274 e. The van der Waals surface area contributed by atoms with Gasteiger partial charge in [0.1, 0.15) is 5.82 Å². The average molecular weight is 290 g/mol. The second kappa shape index (κ2) is 6.39. The van der Waals surface area contributed by atoms with Crippen molar-refractivity contribution < 1.29 is 9.18 Å². The van der Waals surface area contributed by atoms with Crippen LogP contribution in [0.1, 0.15) is 35.6 Å². The lowest BCUT2D eigenvalue weighted by atomic mass is 10.1. The Morgan fingerprint density at radius 3 is 2.67 bits per heavy atom. The first kappa shape index (κ1) is 15.0. The number of benzene rings is 1. The molecule has 1 aromatic heterocycles. The Kier molecular flexibility index (Phi) is 4.57. The second-order valence-electron chi connectivity index (χ2n) is 5.02. The van der Waals surface area contributed by atoms with Gasteiger partial charge in [-0.15, -0.1) is 0 Å². The van der Waals surface area contributed by atoms with Gasteiger partial charge >= 0.3 is 0 Å². The van der Waals surface area contributed by atoms with Gasteiger partial charge in [0.15, 0.2) is 5.69 Å². The number of hydrogen-bond donors (Lipinski definition) is 3. The second-order valence-corrected chi connectivity index (χ2v) is 5.02. The van der Waals surface area contributed by atoms with Crippen LogP contribution >= 0.6 is 0 Å². The van der Waals surface area contributed by atoms with E-state index in [-0.39, 0.29) is 23.5 Å². The number of H-pyrrole nitrogens is 1. The van der Waals surface area contributed by atoms with Crippen LogP contribution in [0.5, 0.6) is 0 Å². The number of nitrogen functional groups attached to an aromatic ring is 1. The van der Waals surface area contributed by atoms with Crippen LogP contribution in [-0.2, 0) is 12.8 Å². The van der Waals surface area contributed by atoms with Crippen LogP contribution in [0.4, 0.5) is 10.1 Å². The predicted molar refractivity (Wildman–Crippen MR) is 79.4 cm³/mol. The van der Waals surface area contributed by atoms with Crippen molar-refractivity contribution in [2.45, 2.75) is 32.7 Å². The van der Waals surface area contributed by atoms with Crippen molar-refractivity contribution in [3.8, 4) is 0 Å². The summed E-state index contributed by atoms with van der Waals surface area (Å²) in [6, 6.07) is 6.11. The molecule has 0 aliphatic carbocycles. The topological polar surface area (TPSA) is 83.8 Å². The zero-order chi connectivity index (χ0) is 15.4. The SMILES string of the molecule is CCc1[nH]nc(C(=O)NC(C)Cc2ccc(F)cc2)c1N. The number of carbonyl (C=O) groups excluding carboxylic acids is 1. The van der Waals surface area contributed by atoms with Crippen molar-refractivity contribution in [3.05, 3.63) is 47.0 Å². The lowest BCUT2D eigenvalue weighted by Gasteiger charge is -2.13. The van der Waals surface area contributed by atoms with Crippen LogP contribution in [0.15, 0.2) is 24.3 Å². The molecule has 1 aromatic carbocycles. The Morgan fingerprint density at radius 2 is 2.10 bits per heavy atom. The van der Waals surface area contributed by atoms with Gasteiger partial charge in [0, 0.05) is 6.04 Å². The van der Waals surface area contributed by atoms with Crippen LogP contribution in [0.3, 0.4) is 0 Å². The standard InChI is InChI=1S/C15H19FN4O/c1-3-12-13(17)14(20-19-12)15(21)18-9(2)8-10-4-6-11(16)7-5-10/h4-7,9H,3,8,17H2,1-2H3,(H,18,21)(H,19,20). The monoisotopic (exact) mass is 290 g/mol. The summed E-state index contributed by atoms with van der Waals surface area (Å²) >= 11 is 0. The fraction of sp³-hybridized carbons (Fsp3) is 0.333. The number of amides is 1. The highest BCUT2D eigenvalue weighted by Gasteiger charge is 2.18. The molecule has 0 aliphatic heterocycles. The van der Waals surface area contributed by atoms with Gasteiger partial charge in [0.05, 0.1) is 11.4 Å².